The van der Waals surface area contributed by atoms with Gasteiger partial charge in [-0.3, -0.25) is 9.55 Å². The van der Waals surface area contributed by atoms with Crippen molar-refractivity contribution < 1.29 is 26.1 Å². The first-order valence-electron chi connectivity index (χ1n) is 3.77. The van der Waals surface area contributed by atoms with Crippen LogP contribution < -0.4 is 0 Å². The molecule has 0 radical (unpaired) electrons. The number of aliphatic imine (C=N–C) groups is 1. The second kappa shape index (κ2) is 5.30. The van der Waals surface area contributed by atoms with Crippen molar-refractivity contribution in [3.8, 4) is 0 Å². The van der Waals surface area contributed by atoms with E-state index in [0.29, 0.717) is 0 Å². The van der Waals surface area contributed by atoms with E-state index in [2.05, 4.69) is 4.99 Å². The van der Waals surface area contributed by atoms with Gasteiger partial charge in [0.1, 0.15) is 0 Å². The molecule has 0 bridgehead atoms. The molecule has 0 amide bonds. The van der Waals surface area contributed by atoms with E-state index in [1.807, 2.05) is 6.21 Å². The van der Waals surface area contributed by atoms with Crippen molar-refractivity contribution in [3.05, 3.63) is 0 Å². The third-order valence-corrected chi connectivity index (χ3v) is 1.88. The molecule has 0 spiro atoms. The molecule has 0 aromatic heterocycles. The van der Waals surface area contributed by atoms with Crippen LogP contribution in [0, 0.1) is 0 Å². The highest BCUT2D eigenvalue weighted by Crippen LogP contribution is 2.20. The Hall–Kier alpha value is -0.630. The molecule has 4 nitrogen and oxygen atoms in total. The molecule has 0 atom stereocenters. The zero-order valence-corrected chi connectivity index (χ0v) is 7.98. The molecule has 0 saturated carbocycles. The van der Waals surface area contributed by atoms with Crippen molar-refractivity contribution in [2.45, 2.75) is 24.8 Å². The molecule has 0 fully saturated rings. The van der Waals surface area contributed by atoms with E-state index in [1.54, 1.807) is 0 Å². The molecule has 0 aromatic rings. The predicted molar refractivity (Wildman–Crippen MR) is 44.8 cm³/mol. The van der Waals surface area contributed by atoms with Crippen LogP contribution in [-0.2, 0) is 10.1 Å². The van der Waals surface area contributed by atoms with Gasteiger partial charge in [-0.1, -0.05) is 0 Å². The average Bonchev–Trinajstić information content (AvgIpc) is 2.05. The van der Waals surface area contributed by atoms with E-state index in [0.717, 1.165) is 6.54 Å². The van der Waals surface area contributed by atoms with Gasteiger partial charge in [-0.25, -0.2) is 0 Å². The molecule has 0 aromatic carbocycles. The largest absolute Gasteiger partial charge is 0.522 e. The summed E-state index contributed by atoms with van der Waals surface area (Å²) >= 11 is 0. The fraction of sp³-hybridized carbons (Fsp3) is 0.833. The van der Waals surface area contributed by atoms with E-state index >= 15 is 0 Å². The monoisotopic (exact) mass is 233 g/mol. The summed E-state index contributed by atoms with van der Waals surface area (Å²) in [6.07, 6.45) is 5.88. The minimum absolute atomic E-state index is 1.07. The summed E-state index contributed by atoms with van der Waals surface area (Å²) in [4.78, 5) is 4.05. The number of halogens is 3. The van der Waals surface area contributed by atoms with E-state index in [-0.39, 0.29) is 0 Å². The minimum atomic E-state index is -5.84. The Kier molecular flexibility index (Phi) is 5.06. The van der Waals surface area contributed by atoms with E-state index in [4.69, 9.17) is 13.0 Å². The summed E-state index contributed by atoms with van der Waals surface area (Å²) in [7, 11) is -5.84. The number of hydrogen-bond donors (Lipinski definition) is 1. The number of nitrogens with zero attached hydrogens (tertiary/aromatic N) is 1. The highest BCUT2D eigenvalue weighted by Gasteiger charge is 2.44. The lowest BCUT2D eigenvalue weighted by Crippen LogP contribution is -2.21. The maximum absolute atomic E-state index is 10.7. The third kappa shape index (κ3) is 5.92. The van der Waals surface area contributed by atoms with Crippen LogP contribution in [0.15, 0.2) is 4.99 Å². The van der Waals surface area contributed by atoms with E-state index in [1.165, 1.54) is 19.3 Å². The Bertz CT molecular complexity index is 275. The van der Waals surface area contributed by atoms with Gasteiger partial charge < -0.3 is 0 Å². The van der Waals surface area contributed by atoms with Crippen molar-refractivity contribution in [1.82, 2.24) is 0 Å². The van der Waals surface area contributed by atoms with Gasteiger partial charge in [0.2, 0.25) is 0 Å². The van der Waals surface area contributed by atoms with Gasteiger partial charge in [-0.05, 0) is 25.5 Å². The van der Waals surface area contributed by atoms with Gasteiger partial charge in [0.05, 0.1) is 0 Å². The summed E-state index contributed by atoms with van der Waals surface area (Å²) in [6.45, 7) is 1.07. The second-order valence-corrected chi connectivity index (χ2v) is 3.92. The lowest BCUT2D eigenvalue weighted by molar-refractivity contribution is -0.0510. The topological polar surface area (TPSA) is 66.7 Å². The minimum Gasteiger partial charge on any atom is -0.298 e. The van der Waals surface area contributed by atoms with Crippen LogP contribution in [0.5, 0.6) is 0 Å². The first-order chi connectivity index (χ1) is 6.25. The van der Waals surface area contributed by atoms with Gasteiger partial charge in [-0.15, -0.1) is 0 Å². The maximum Gasteiger partial charge on any atom is 0.522 e. The molecule has 84 valence electrons. The second-order valence-electron chi connectivity index (χ2n) is 2.51. The fourth-order valence-corrected chi connectivity index (χ4v) is 0.621. The molecular weight excluding hydrogens is 223 g/mol. The van der Waals surface area contributed by atoms with E-state index < -0.39 is 15.6 Å². The average molecular weight is 233 g/mol. The normalized spacial score (nSPS) is 17.1. The van der Waals surface area contributed by atoms with Crippen LogP contribution in [0.3, 0.4) is 0 Å². The van der Waals surface area contributed by atoms with Crippen LogP contribution in [-0.4, -0.2) is 31.2 Å². The molecule has 0 unspecified atom stereocenters. The van der Waals surface area contributed by atoms with Crippen molar-refractivity contribution in [3.63, 3.8) is 0 Å². The van der Waals surface area contributed by atoms with Gasteiger partial charge in [0, 0.05) is 6.54 Å². The highest BCUT2D eigenvalue weighted by atomic mass is 32.2. The van der Waals surface area contributed by atoms with Gasteiger partial charge in [0.25, 0.3) is 0 Å². The summed E-state index contributed by atoms with van der Waals surface area (Å²) in [5.74, 6) is 0. The zero-order valence-electron chi connectivity index (χ0n) is 7.16. The number of alkyl halides is 3. The van der Waals surface area contributed by atoms with Crippen molar-refractivity contribution >= 4 is 16.3 Å². The van der Waals surface area contributed by atoms with Crippen LogP contribution in [0.4, 0.5) is 13.2 Å². The first-order valence-corrected chi connectivity index (χ1v) is 5.21. The van der Waals surface area contributed by atoms with Gasteiger partial charge in [0.15, 0.2) is 0 Å². The summed E-state index contributed by atoms with van der Waals surface area (Å²) in [6, 6.07) is 0. The van der Waals surface area contributed by atoms with Crippen LogP contribution >= 0.6 is 0 Å². The van der Waals surface area contributed by atoms with Crippen molar-refractivity contribution in [2.75, 3.05) is 6.54 Å². The molecular formula is C6H10F3NO3S. The molecule has 8 heteroatoms. The third-order valence-electron chi connectivity index (χ3n) is 1.29. The lowest BCUT2D eigenvalue weighted by atomic mass is 10.2. The molecule has 1 aliphatic rings. The van der Waals surface area contributed by atoms with Gasteiger partial charge in [-0.2, -0.15) is 21.6 Å². The molecule has 0 aliphatic carbocycles. The lowest BCUT2D eigenvalue weighted by Gasteiger charge is -1.97. The molecule has 0 saturated heterocycles. The Morgan fingerprint density at radius 3 is 1.86 bits per heavy atom. The molecule has 1 aliphatic heterocycles. The smallest absolute Gasteiger partial charge is 0.298 e. The van der Waals surface area contributed by atoms with Crippen molar-refractivity contribution in [1.29, 1.82) is 0 Å². The fourth-order valence-electron chi connectivity index (χ4n) is 0.621. The molecule has 1 rings (SSSR count). The van der Waals surface area contributed by atoms with Crippen molar-refractivity contribution in [2.24, 2.45) is 4.99 Å². The van der Waals surface area contributed by atoms with Crippen LogP contribution in [0.25, 0.3) is 0 Å². The SMILES string of the molecule is C1=NCCCC1.O=S(=O)(O)C(F)(F)F. The summed E-state index contributed by atoms with van der Waals surface area (Å²) in [5, 5.41) is 0. The Morgan fingerprint density at radius 2 is 1.79 bits per heavy atom. The first kappa shape index (κ1) is 13.4. The maximum atomic E-state index is 10.7. The Balaban J connectivity index is 0.000000249. The summed E-state index contributed by atoms with van der Waals surface area (Å²) in [5.41, 5.74) is -5.53. The quantitative estimate of drug-likeness (QED) is 0.511. The van der Waals surface area contributed by atoms with E-state index in [9.17, 15) is 13.2 Å². The predicted octanol–water partition coefficient (Wildman–Crippen LogP) is 1.64. The zero-order chi connectivity index (χ0) is 11.2. The molecule has 1 heterocycles. The standard InChI is InChI=1S/C5H9N.CHF3O3S/c1-2-4-6-5-3-1;2-1(3,4)8(5,6)7/h4H,1-3,5H2;(H,5,6,7). The molecule has 1 N–H and O–H groups in total. The number of rotatable bonds is 0. The Labute approximate surface area is 79.6 Å². The Morgan fingerprint density at radius 1 is 1.29 bits per heavy atom. The number of hydrogen-bond acceptors (Lipinski definition) is 3. The van der Waals surface area contributed by atoms with Crippen LogP contribution in [0.1, 0.15) is 19.3 Å². The summed E-state index contributed by atoms with van der Waals surface area (Å²) < 4.78 is 57.5. The van der Waals surface area contributed by atoms with Crippen LogP contribution in [0.2, 0.25) is 0 Å². The highest BCUT2D eigenvalue weighted by molar-refractivity contribution is 7.86. The van der Waals surface area contributed by atoms with Gasteiger partial charge >= 0.3 is 15.6 Å². The molecule has 14 heavy (non-hydrogen) atoms.